The molecule has 0 fully saturated rings. The third-order valence-corrected chi connectivity index (χ3v) is 4.82. The molecule has 3 aromatic carbocycles. The third kappa shape index (κ3) is 3.96. The fourth-order valence-electron chi connectivity index (χ4n) is 3.50. The van der Waals surface area contributed by atoms with Crippen molar-refractivity contribution in [3.8, 4) is 11.5 Å². The quantitative estimate of drug-likeness (QED) is 0.458. The summed E-state index contributed by atoms with van der Waals surface area (Å²) in [4.78, 5) is 22.6. The Morgan fingerprint density at radius 1 is 0.821 bits per heavy atom. The molecule has 28 heavy (non-hydrogen) atoms. The SMILES string of the molecule is CCCc1cccc(C(c2cc(C=O)ccc2O)c2cc(C=O)ccc2O)c1. The normalized spacial score (nSPS) is 10.8. The molecule has 0 unspecified atom stereocenters. The van der Waals surface area contributed by atoms with Crippen molar-refractivity contribution in [2.75, 3.05) is 0 Å². The molecule has 0 atom stereocenters. The van der Waals surface area contributed by atoms with Crippen LogP contribution in [0.5, 0.6) is 11.5 Å². The summed E-state index contributed by atoms with van der Waals surface area (Å²) in [5.74, 6) is -0.489. The highest BCUT2D eigenvalue weighted by molar-refractivity contribution is 5.77. The van der Waals surface area contributed by atoms with Gasteiger partial charge in [0.25, 0.3) is 0 Å². The molecule has 0 aliphatic carbocycles. The monoisotopic (exact) mass is 374 g/mol. The Morgan fingerprint density at radius 3 is 1.89 bits per heavy atom. The summed E-state index contributed by atoms with van der Waals surface area (Å²) in [7, 11) is 0. The van der Waals surface area contributed by atoms with Crippen LogP contribution in [-0.2, 0) is 6.42 Å². The minimum atomic E-state index is -0.531. The number of carbonyl (C=O) groups excluding carboxylic acids is 2. The van der Waals surface area contributed by atoms with Crippen molar-refractivity contribution in [2.45, 2.75) is 25.7 Å². The second-order valence-corrected chi connectivity index (χ2v) is 6.80. The average molecular weight is 374 g/mol. The average Bonchev–Trinajstić information content (AvgIpc) is 2.71. The maximum Gasteiger partial charge on any atom is 0.150 e. The van der Waals surface area contributed by atoms with Gasteiger partial charge in [-0.15, -0.1) is 0 Å². The zero-order chi connectivity index (χ0) is 20.1. The van der Waals surface area contributed by atoms with Gasteiger partial charge in [-0.3, -0.25) is 9.59 Å². The molecule has 0 bridgehead atoms. The fraction of sp³-hybridized carbons (Fsp3) is 0.167. The lowest BCUT2D eigenvalue weighted by Gasteiger charge is -2.22. The predicted octanol–water partition coefficient (Wildman–Crippen LogP) is 4.86. The molecular formula is C24H22O4. The molecule has 0 amide bonds. The highest BCUT2D eigenvalue weighted by Crippen LogP contribution is 2.41. The number of phenols is 2. The van der Waals surface area contributed by atoms with E-state index in [1.807, 2.05) is 24.3 Å². The van der Waals surface area contributed by atoms with E-state index in [1.165, 1.54) is 24.3 Å². The first-order chi connectivity index (χ1) is 13.6. The summed E-state index contributed by atoms with van der Waals surface area (Å²) < 4.78 is 0. The lowest BCUT2D eigenvalue weighted by atomic mass is 9.82. The Morgan fingerprint density at radius 2 is 1.39 bits per heavy atom. The molecule has 3 aromatic rings. The molecule has 3 rings (SSSR count). The molecule has 0 saturated carbocycles. The lowest BCUT2D eigenvalue weighted by Crippen LogP contribution is -2.06. The number of carbonyl (C=O) groups is 2. The van der Waals surface area contributed by atoms with Crippen molar-refractivity contribution >= 4 is 12.6 Å². The van der Waals surface area contributed by atoms with Gasteiger partial charge < -0.3 is 10.2 Å². The van der Waals surface area contributed by atoms with Crippen molar-refractivity contribution in [3.63, 3.8) is 0 Å². The van der Waals surface area contributed by atoms with Gasteiger partial charge >= 0.3 is 0 Å². The molecule has 4 heteroatoms. The van der Waals surface area contributed by atoms with Crippen LogP contribution in [0.25, 0.3) is 0 Å². The Hall–Kier alpha value is -3.40. The van der Waals surface area contributed by atoms with Gasteiger partial charge in [-0.1, -0.05) is 37.6 Å². The molecule has 0 radical (unpaired) electrons. The number of rotatable bonds is 7. The topological polar surface area (TPSA) is 74.6 Å². The van der Waals surface area contributed by atoms with E-state index in [1.54, 1.807) is 12.1 Å². The second kappa shape index (κ2) is 8.53. The summed E-state index contributed by atoms with van der Waals surface area (Å²) in [5.41, 5.74) is 3.85. The van der Waals surface area contributed by atoms with Gasteiger partial charge in [0.15, 0.2) is 0 Å². The molecule has 0 saturated heterocycles. The highest BCUT2D eigenvalue weighted by atomic mass is 16.3. The van der Waals surface area contributed by atoms with Crippen molar-refractivity contribution in [3.05, 3.63) is 94.0 Å². The Labute approximate surface area is 164 Å². The van der Waals surface area contributed by atoms with Crippen molar-refractivity contribution < 1.29 is 19.8 Å². The zero-order valence-corrected chi connectivity index (χ0v) is 15.6. The number of aryl methyl sites for hydroxylation is 1. The van der Waals surface area contributed by atoms with Crippen molar-refractivity contribution in [2.24, 2.45) is 0 Å². The second-order valence-electron chi connectivity index (χ2n) is 6.80. The largest absolute Gasteiger partial charge is 0.508 e. The maximum atomic E-state index is 11.3. The van der Waals surface area contributed by atoms with E-state index < -0.39 is 5.92 Å². The van der Waals surface area contributed by atoms with Gasteiger partial charge in [0.05, 0.1) is 0 Å². The first-order valence-corrected chi connectivity index (χ1v) is 9.22. The third-order valence-electron chi connectivity index (χ3n) is 4.82. The number of benzene rings is 3. The number of aromatic hydroxyl groups is 2. The van der Waals surface area contributed by atoms with E-state index in [4.69, 9.17) is 0 Å². The van der Waals surface area contributed by atoms with E-state index in [-0.39, 0.29) is 11.5 Å². The van der Waals surface area contributed by atoms with Crippen LogP contribution in [0.2, 0.25) is 0 Å². The predicted molar refractivity (Wildman–Crippen MR) is 108 cm³/mol. The summed E-state index contributed by atoms with van der Waals surface area (Å²) >= 11 is 0. The first kappa shape index (κ1) is 19.4. The van der Waals surface area contributed by atoms with Crippen molar-refractivity contribution in [1.82, 2.24) is 0 Å². The molecule has 0 spiro atoms. The summed E-state index contributed by atoms with van der Waals surface area (Å²) in [6.45, 7) is 2.10. The van der Waals surface area contributed by atoms with Crippen LogP contribution in [0, 0.1) is 0 Å². The smallest absolute Gasteiger partial charge is 0.150 e. The summed E-state index contributed by atoms with van der Waals surface area (Å²) in [5, 5.41) is 21.1. The molecule has 0 aromatic heterocycles. The molecule has 2 N–H and O–H groups in total. The van der Waals surface area contributed by atoms with E-state index in [9.17, 15) is 19.8 Å². The molecule has 4 nitrogen and oxygen atoms in total. The van der Waals surface area contributed by atoms with E-state index in [2.05, 4.69) is 6.92 Å². The van der Waals surface area contributed by atoms with Gasteiger partial charge in [0, 0.05) is 28.2 Å². The van der Waals surface area contributed by atoms with E-state index >= 15 is 0 Å². The Kier molecular flexibility index (Phi) is 5.90. The number of hydrogen-bond donors (Lipinski definition) is 2. The molecule has 0 heterocycles. The number of aldehydes is 2. The lowest BCUT2D eigenvalue weighted by molar-refractivity contribution is 0.111. The van der Waals surface area contributed by atoms with Crippen molar-refractivity contribution in [1.29, 1.82) is 0 Å². The Balaban J connectivity index is 2.27. The highest BCUT2D eigenvalue weighted by Gasteiger charge is 2.24. The maximum absolute atomic E-state index is 11.3. The van der Waals surface area contributed by atoms with Crippen LogP contribution < -0.4 is 0 Å². The zero-order valence-electron chi connectivity index (χ0n) is 15.6. The van der Waals surface area contributed by atoms with Gasteiger partial charge in [-0.25, -0.2) is 0 Å². The number of hydrogen-bond acceptors (Lipinski definition) is 4. The van der Waals surface area contributed by atoms with Crippen LogP contribution in [-0.4, -0.2) is 22.8 Å². The fourth-order valence-corrected chi connectivity index (χ4v) is 3.50. The molecule has 0 aliphatic heterocycles. The standard InChI is InChI=1S/C24H22O4/c1-2-4-16-5-3-6-19(11-16)24(20-12-17(14-25)7-9-22(20)27)21-13-18(15-26)8-10-23(21)28/h3,5-15,24,27-28H,2,4H2,1H3. The minimum Gasteiger partial charge on any atom is -0.508 e. The number of phenolic OH excluding ortho intramolecular Hbond substituents is 2. The Bertz CT molecular complexity index is 950. The van der Waals surface area contributed by atoms with Crippen LogP contribution in [0.4, 0.5) is 0 Å². The van der Waals surface area contributed by atoms with E-state index in [0.29, 0.717) is 22.3 Å². The van der Waals surface area contributed by atoms with Gasteiger partial charge in [0.1, 0.15) is 24.1 Å². The molecule has 142 valence electrons. The van der Waals surface area contributed by atoms with Crippen LogP contribution in [0.1, 0.15) is 62.2 Å². The minimum absolute atomic E-state index is 0.0207. The summed E-state index contributed by atoms with van der Waals surface area (Å²) in [6.07, 6.45) is 3.33. The van der Waals surface area contributed by atoms with E-state index in [0.717, 1.165) is 36.5 Å². The molecule has 0 aliphatic rings. The van der Waals surface area contributed by atoms with Gasteiger partial charge in [-0.05, 0) is 53.9 Å². The van der Waals surface area contributed by atoms with Crippen LogP contribution >= 0.6 is 0 Å². The van der Waals surface area contributed by atoms with Crippen LogP contribution in [0.3, 0.4) is 0 Å². The molecular weight excluding hydrogens is 352 g/mol. The van der Waals surface area contributed by atoms with Crippen LogP contribution in [0.15, 0.2) is 60.7 Å². The van der Waals surface area contributed by atoms with Gasteiger partial charge in [-0.2, -0.15) is 0 Å². The summed E-state index contributed by atoms with van der Waals surface area (Å²) in [6, 6.07) is 17.2. The van der Waals surface area contributed by atoms with Gasteiger partial charge in [0.2, 0.25) is 0 Å². The first-order valence-electron chi connectivity index (χ1n) is 9.22.